The van der Waals surface area contributed by atoms with Crippen LogP contribution in [0.5, 0.6) is 0 Å². The zero-order valence-corrected chi connectivity index (χ0v) is 9.15. The smallest absolute Gasteiger partial charge is 0.357 e. The van der Waals surface area contributed by atoms with Crippen LogP contribution in [-0.4, -0.2) is 21.9 Å². The molecule has 0 aliphatic heterocycles. The van der Waals surface area contributed by atoms with E-state index in [0.717, 1.165) is 5.69 Å². The minimum Gasteiger partial charge on any atom is -0.445 e. The van der Waals surface area contributed by atoms with E-state index in [1.807, 2.05) is 13.8 Å². The second-order valence-corrected chi connectivity index (χ2v) is 3.20. The van der Waals surface area contributed by atoms with Gasteiger partial charge in [-0.2, -0.15) is 5.10 Å². The van der Waals surface area contributed by atoms with E-state index < -0.39 is 12.1 Å². The van der Waals surface area contributed by atoms with Gasteiger partial charge in [0.05, 0.1) is 5.69 Å². The maximum Gasteiger partial charge on any atom is 0.357 e. The number of ether oxygens (including phenoxy) is 1. The minimum atomic E-state index is -0.516. The first kappa shape index (κ1) is 11.3. The first-order valence-electron chi connectivity index (χ1n) is 4.80. The number of aryl methyl sites for hydroxylation is 2. The Hall–Kier alpha value is -1.76. The summed E-state index contributed by atoms with van der Waals surface area (Å²) in [6.07, 6.45) is 4.61. The molecule has 1 heterocycles. The Labute approximate surface area is 89.2 Å². The summed E-state index contributed by atoms with van der Waals surface area (Å²) in [5.74, 6) is 1.91. The monoisotopic (exact) mass is 206 g/mol. The fraction of sp³-hybridized carbons (Fsp3) is 0.455. The Morgan fingerprint density at radius 1 is 1.80 bits per heavy atom. The molecule has 15 heavy (non-hydrogen) atoms. The normalized spacial score (nSPS) is 11.9. The summed E-state index contributed by atoms with van der Waals surface area (Å²) in [6.45, 7) is 6.02. The molecule has 1 atom stereocenters. The molecule has 4 heteroatoms. The summed E-state index contributed by atoms with van der Waals surface area (Å²) in [6, 6.07) is 1.69. The van der Waals surface area contributed by atoms with Gasteiger partial charge in [-0.3, -0.25) is 4.68 Å². The zero-order chi connectivity index (χ0) is 11.4. The molecule has 0 aliphatic rings. The standard InChI is InChI=1S/C11H14N2O2/c1-5-9(4)15-11(14)10-7-8(3)12-13(10)6-2/h1,7,9H,6H2,2-4H3. The molecule has 0 saturated carbocycles. The fourth-order valence-electron chi connectivity index (χ4n) is 1.21. The van der Waals surface area contributed by atoms with Crippen LogP contribution in [-0.2, 0) is 11.3 Å². The molecule has 0 spiro atoms. The van der Waals surface area contributed by atoms with Crippen LogP contribution in [0.25, 0.3) is 0 Å². The molecule has 1 rings (SSSR count). The number of carbonyl (C=O) groups excluding carboxylic acids is 1. The SMILES string of the molecule is C#CC(C)OC(=O)c1cc(C)nn1CC. The highest BCUT2D eigenvalue weighted by Crippen LogP contribution is 2.07. The summed E-state index contributed by atoms with van der Waals surface area (Å²) in [4.78, 5) is 11.6. The third-order valence-corrected chi connectivity index (χ3v) is 1.93. The first-order chi connectivity index (χ1) is 7.08. The van der Waals surface area contributed by atoms with Crippen molar-refractivity contribution in [1.82, 2.24) is 9.78 Å². The number of nitrogens with zero attached hydrogens (tertiary/aromatic N) is 2. The van der Waals surface area contributed by atoms with E-state index in [0.29, 0.717) is 12.2 Å². The van der Waals surface area contributed by atoms with E-state index in [9.17, 15) is 4.79 Å². The molecule has 0 aliphatic carbocycles. The number of esters is 1. The molecule has 0 amide bonds. The van der Waals surface area contributed by atoms with Gasteiger partial charge < -0.3 is 4.74 Å². The van der Waals surface area contributed by atoms with E-state index >= 15 is 0 Å². The summed E-state index contributed by atoms with van der Waals surface area (Å²) in [5.41, 5.74) is 1.23. The molecular formula is C11H14N2O2. The second-order valence-electron chi connectivity index (χ2n) is 3.20. The van der Waals surface area contributed by atoms with Crippen LogP contribution in [0.15, 0.2) is 6.07 Å². The van der Waals surface area contributed by atoms with Gasteiger partial charge in [0.2, 0.25) is 0 Å². The van der Waals surface area contributed by atoms with Gasteiger partial charge in [-0.25, -0.2) is 4.79 Å². The number of hydrogen-bond acceptors (Lipinski definition) is 3. The van der Waals surface area contributed by atoms with Crippen LogP contribution in [0, 0.1) is 19.3 Å². The highest BCUT2D eigenvalue weighted by molar-refractivity contribution is 5.87. The molecule has 1 aromatic rings. The summed E-state index contributed by atoms with van der Waals surface area (Å²) in [5, 5.41) is 4.15. The van der Waals surface area contributed by atoms with E-state index in [2.05, 4.69) is 11.0 Å². The Morgan fingerprint density at radius 3 is 3.00 bits per heavy atom. The topological polar surface area (TPSA) is 44.1 Å². The molecule has 1 aromatic heterocycles. The molecule has 4 nitrogen and oxygen atoms in total. The number of terminal acetylenes is 1. The molecule has 0 saturated heterocycles. The molecule has 0 radical (unpaired) electrons. The lowest BCUT2D eigenvalue weighted by molar-refractivity contribution is 0.0424. The van der Waals surface area contributed by atoms with Crippen LogP contribution >= 0.6 is 0 Å². The number of aromatic nitrogens is 2. The van der Waals surface area contributed by atoms with Crippen LogP contribution in [0.3, 0.4) is 0 Å². The van der Waals surface area contributed by atoms with Crippen molar-refractivity contribution in [2.75, 3.05) is 0 Å². The maximum absolute atomic E-state index is 11.6. The van der Waals surface area contributed by atoms with Gasteiger partial charge in [0.25, 0.3) is 0 Å². The van der Waals surface area contributed by atoms with E-state index in [1.165, 1.54) is 0 Å². The van der Waals surface area contributed by atoms with Gasteiger partial charge >= 0.3 is 5.97 Å². The van der Waals surface area contributed by atoms with Crippen molar-refractivity contribution in [2.24, 2.45) is 0 Å². The van der Waals surface area contributed by atoms with Gasteiger partial charge in [0.15, 0.2) is 6.10 Å². The Bertz CT molecular complexity index is 401. The molecule has 0 N–H and O–H groups in total. The van der Waals surface area contributed by atoms with E-state index in [-0.39, 0.29) is 0 Å². The lowest BCUT2D eigenvalue weighted by Gasteiger charge is -2.07. The van der Waals surface area contributed by atoms with Crippen molar-refractivity contribution in [2.45, 2.75) is 33.4 Å². The quantitative estimate of drug-likeness (QED) is 0.554. The molecule has 0 fully saturated rings. The zero-order valence-electron chi connectivity index (χ0n) is 9.15. The van der Waals surface area contributed by atoms with Crippen molar-refractivity contribution < 1.29 is 9.53 Å². The Morgan fingerprint density at radius 2 is 2.47 bits per heavy atom. The number of carbonyl (C=O) groups is 1. The average Bonchev–Trinajstić information content (AvgIpc) is 2.59. The second kappa shape index (κ2) is 4.65. The summed E-state index contributed by atoms with van der Waals surface area (Å²) in [7, 11) is 0. The van der Waals surface area contributed by atoms with Crippen LogP contribution in [0.4, 0.5) is 0 Å². The molecule has 80 valence electrons. The predicted octanol–water partition coefficient (Wildman–Crippen LogP) is 1.39. The minimum absolute atomic E-state index is 0.428. The van der Waals surface area contributed by atoms with Gasteiger partial charge in [-0.1, -0.05) is 5.92 Å². The highest BCUT2D eigenvalue weighted by atomic mass is 16.5. The Balaban J connectivity index is 2.86. The first-order valence-corrected chi connectivity index (χ1v) is 4.80. The highest BCUT2D eigenvalue weighted by Gasteiger charge is 2.16. The molecular weight excluding hydrogens is 192 g/mol. The van der Waals surface area contributed by atoms with Crippen molar-refractivity contribution in [3.05, 3.63) is 17.5 Å². The van der Waals surface area contributed by atoms with Gasteiger partial charge in [0.1, 0.15) is 5.69 Å². The third-order valence-electron chi connectivity index (χ3n) is 1.93. The predicted molar refractivity (Wildman–Crippen MR) is 56.3 cm³/mol. The molecule has 0 bridgehead atoms. The van der Waals surface area contributed by atoms with Crippen molar-refractivity contribution in [3.63, 3.8) is 0 Å². The molecule has 0 aromatic carbocycles. The van der Waals surface area contributed by atoms with Crippen LogP contribution < -0.4 is 0 Å². The Kier molecular flexibility index (Phi) is 3.51. The lowest BCUT2D eigenvalue weighted by atomic mass is 10.3. The largest absolute Gasteiger partial charge is 0.445 e. The van der Waals surface area contributed by atoms with Crippen LogP contribution in [0.2, 0.25) is 0 Å². The average molecular weight is 206 g/mol. The lowest BCUT2D eigenvalue weighted by Crippen LogP contribution is -2.17. The number of hydrogen-bond donors (Lipinski definition) is 0. The van der Waals surface area contributed by atoms with Crippen molar-refractivity contribution >= 4 is 5.97 Å². The van der Waals surface area contributed by atoms with Crippen molar-refractivity contribution in [1.29, 1.82) is 0 Å². The fourth-order valence-corrected chi connectivity index (χ4v) is 1.21. The van der Waals surface area contributed by atoms with Gasteiger partial charge in [0, 0.05) is 6.54 Å². The number of rotatable bonds is 3. The van der Waals surface area contributed by atoms with Gasteiger partial charge in [-0.05, 0) is 26.8 Å². The van der Waals surface area contributed by atoms with Crippen LogP contribution in [0.1, 0.15) is 30.0 Å². The third kappa shape index (κ3) is 2.59. The van der Waals surface area contributed by atoms with Crippen molar-refractivity contribution in [3.8, 4) is 12.3 Å². The van der Waals surface area contributed by atoms with Gasteiger partial charge in [-0.15, -0.1) is 6.42 Å². The maximum atomic E-state index is 11.6. The summed E-state index contributed by atoms with van der Waals surface area (Å²) < 4.78 is 6.60. The van der Waals surface area contributed by atoms with E-state index in [1.54, 1.807) is 17.7 Å². The van der Waals surface area contributed by atoms with E-state index in [4.69, 9.17) is 11.2 Å². The summed E-state index contributed by atoms with van der Waals surface area (Å²) >= 11 is 0. The molecule has 1 unspecified atom stereocenters.